The highest BCUT2D eigenvalue weighted by molar-refractivity contribution is 7.95. The molecule has 0 aliphatic rings. The molecule has 29 heavy (non-hydrogen) atoms. The molecule has 0 unspecified atom stereocenters. The molecule has 0 atom stereocenters. The van der Waals surface area contributed by atoms with E-state index in [1.807, 2.05) is 30.3 Å². The molecule has 0 fully saturated rings. The first-order chi connectivity index (χ1) is 13.9. The largest absolute Gasteiger partial charge is 0.497 e. The van der Waals surface area contributed by atoms with Gasteiger partial charge in [0.1, 0.15) is 5.75 Å². The molecule has 7 heteroatoms. The summed E-state index contributed by atoms with van der Waals surface area (Å²) in [5.41, 5.74) is 2.14. The van der Waals surface area contributed by atoms with Crippen LogP contribution in [0.1, 0.15) is 15.9 Å². The van der Waals surface area contributed by atoms with Gasteiger partial charge in [-0.2, -0.15) is 0 Å². The van der Waals surface area contributed by atoms with Gasteiger partial charge in [0.2, 0.25) is 0 Å². The Hall–Kier alpha value is -3.58. The van der Waals surface area contributed by atoms with Crippen LogP contribution in [-0.4, -0.2) is 21.4 Å². The number of carbonyl (C=O) groups excluding carboxylic acids is 1. The molecule has 0 spiro atoms. The Labute approximate surface area is 169 Å². The van der Waals surface area contributed by atoms with Crippen LogP contribution in [0.25, 0.3) is 6.08 Å². The first-order valence-corrected chi connectivity index (χ1v) is 10.3. The monoisotopic (exact) mass is 408 g/mol. The van der Waals surface area contributed by atoms with Crippen LogP contribution in [0, 0.1) is 0 Å². The van der Waals surface area contributed by atoms with E-state index >= 15 is 0 Å². The third kappa shape index (κ3) is 5.95. The van der Waals surface area contributed by atoms with Crippen LogP contribution in [0.5, 0.6) is 5.75 Å². The minimum absolute atomic E-state index is 0.309. The number of rotatable bonds is 7. The summed E-state index contributed by atoms with van der Waals surface area (Å²) in [5, 5.41) is 3.87. The molecule has 0 radical (unpaired) electrons. The van der Waals surface area contributed by atoms with Crippen molar-refractivity contribution in [3.63, 3.8) is 0 Å². The molecule has 148 valence electrons. The Balaban J connectivity index is 1.64. The van der Waals surface area contributed by atoms with E-state index < -0.39 is 10.0 Å². The first kappa shape index (κ1) is 20.2. The van der Waals surface area contributed by atoms with Crippen LogP contribution in [-0.2, 0) is 10.0 Å². The Morgan fingerprint density at radius 2 is 1.62 bits per heavy atom. The summed E-state index contributed by atoms with van der Waals surface area (Å²) in [5.74, 6) is 0.327. The zero-order valence-electron chi connectivity index (χ0n) is 15.7. The molecule has 0 saturated carbocycles. The molecule has 0 aromatic heterocycles. The number of nitrogens with one attached hydrogen (secondary N) is 2. The van der Waals surface area contributed by atoms with Crippen LogP contribution in [0.15, 0.2) is 84.3 Å². The van der Waals surface area contributed by atoms with Gasteiger partial charge < -0.3 is 10.1 Å². The van der Waals surface area contributed by atoms with Crippen molar-refractivity contribution >= 4 is 33.4 Å². The van der Waals surface area contributed by atoms with Crippen molar-refractivity contribution in [2.45, 2.75) is 0 Å². The molecular weight excluding hydrogens is 388 g/mol. The van der Waals surface area contributed by atoms with Crippen LogP contribution in [0.4, 0.5) is 11.4 Å². The minimum atomic E-state index is -3.67. The summed E-state index contributed by atoms with van der Waals surface area (Å²) in [6.45, 7) is 0. The molecule has 3 aromatic rings. The van der Waals surface area contributed by atoms with Gasteiger partial charge in [0.25, 0.3) is 15.9 Å². The fourth-order valence-corrected chi connectivity index (χ4v) is 3.39. The summed E-state index contributed by atoms with van der Waals surface area (Å²) in [6, 6.07) is 22.3. The lowest BCUT2D eigenvalue weighted by Gasteiger charge is -2.08. The second-order valence-corrected chi connectivity index (χ2v) is 7.69. The number of sulfonamides is 1. The Morgan fingerprint density at radius 1 is 0.897 bits per heavy atom. The Bertz CT molecular complexity index is 1110. The number of ether oxygens (including phenoxy) is 1. The van der Waals surface area contributed by atoms with Crippen molar-refractivity contribution in [2.75, 3.05) is 17.1 Å². The lowest BCUT2D eigenvalue weighted by atomic mass is 10.2. The third-order valence-electron chi connectivity index (χ3n) is 3.97. The lowest BCUT2D eigenvalue weighted by Crippen LogP contribution is -2.12. The number of hydrogen-bond donors (Lipinski definition) is 2. The molecule has 0 saturated heterocycles. The Kier molecular flexibility index (Phi) is 6.31. The van der Waals surface area contributed by atoms with Crippen LogP contribution < -0.4 is 14.8 Å². The molecule has 3 rings (SSSR count). The van der Waals surface area contributed by atoms with Gasteiger partial charge in [0.15, 0.2) is 0 Å². The van der Waals surface area contributed by atoms with Crippen molar-refractivity contribution in [1.29, 1.82) is 0 Å². The average Bonchev–Trinajstić information content (AvgIpc) is 2.73. The maximum atomic E-state index is 12.4. The fraction of sp³-hybridized carbons (Fsp3) is 0.0455. The van der Waals surface area contributed by atoms with E-state index in [-0.39, 0.29) is 5.91 Å². The van der Waals surface area contributed by atoms with Gasteiger partial charge in [-0.1, -0.05) is 36.4 Å². The molecule has 0 aliphatic heterocycles. The molecule has 1 amide bonds. The van der Waals surface area contributed by atoms with E-state index in [4.69, 9.17) is 4.74 Å². The summed E-state index contributed by atoms with van der Waals surface area (Å²) in [6.07, 6.45) is 1.51. The number of carbonyl (C=O) groups is 1. The van der Waals surface area contributed by atoms with E-state index in [9.17, 15) is 13.2 Å². The normalized spacial score (nSPS) is 11.2. The fourth-order valence-electron chi connectivity index (χ4n) is 2.52. The SMILES string of the molecule is COc1cccc(NC(=O)c2ccc(NS(=O)(=O)/C=C/c3ccccc3)cc2)c1. The van der Waals surface area contributed by atoms with E-state index in [2.05, 4.69) is 10.0 Å². The highest BCUT2D eigenvalue weighted by Gasteiger charge is 2.09. The highest BCUT2D eigenvalue weighted by Crippen LogP contribution is 2.18. The number of benzene rings is 3. The van der Waals surface area contributed by atoms with Crippen LogP contribution in [0.3, 0.4) is 0 Å². The summed E-state index contributed by atoms with van der Waals surface area (Å²) < 4.78 is 32.0. The summed E-state index contributed by atoms with van der Waals surface area (Å²) in [7, 11) is -2.12. The van der Waals surface area contributed by atoms with E-state index in [1.54, 1.807) is 43.5 Å². The van der Waals surface area contributed by atoms with Gasteiger partial charge >= 0.3 is 0 Å². The van der Waals surface area contributed by atoms with Gasteiger partial charge in [-0.05, 0) is 48.0 Å². The standard InChI is InChI=1S/C22H20N2O4S/c1-28-21-9-5-8-20(16-21)23-22(25)18-10-12-19(13-11-18)24-29(26,27)15-14-17-6-3-2-4-7-17/h2-16,24H,1H3,(H,23,25)/b15-14+. The lowest BCUT2D eigenvalue weighted by molar-refractivity contribution is 0.102. The number of methoxy groups -OCH3 is 1. The summed E-state index contributed by atoms with van der Waals surface area (Å²) >= 11 is 0. The van der Waals surface area contributed by atoms with Gasteiger partial charge in [0.05, 0.1) is 12.5 Å². The second kappa shape index (κ2) is 9.07. The second-order valence-electron chi connectivity index (χ2n) is 6.12. The molecule has 2 N–H and O–H groups in total. The molecule has 6 nitrogen and oxygen atoms in total. The quantitative estimate of drug-likeness (QED) is 0.608. The molecule has 0 heterocycles. The third-order valence-corrected chi connectivity index (χ3v) is 4.99. The topological polar surface area (TPSA) is 84.5 Å². The van der Waals surface area contributed by atoms with Gasteiger partial charge in [-0.3, -0.25) is 9.52 Å². The number of amides is 1. The van der Waals surface area contributed by atoms with E-state index in [1.165, 1.54) is 18.2 Å². The van der Waals surface area contributed by atoms with Gasteiger partial charge in [0, 0.05) is 23.0 Å². The van der Waals surface area contributed by atoms with Crippen molar-refractivity contribution < 1.29 is 17.9 Å². The van der Waals surface area contributed by atoms with Gasteiger partial charge in [-0.25, -0.2) is 8.42 Å². The van der Waals surface area contributed by atoms with Crippen LogP contribution in [0.2, 0.25) is 0 Å². The minimum Gasteiger partial charge on any atom is -0.497 e. The maximum Gasteiger partial charge on any atom is 0.255 e. The molecule has 0 aliphatic carbocycles. The van der Waals surface area contributed by atoms with E-state index in [0.29, 0.717) is 22.7 Å². The zero-order valence-corrected chi connectivity index (χ0v) is 16.5. The highest BCUT2D eigenvalue weighted by atomic mass is 32.2. The van der Waals surface area contributed by atoms with Crippen molar-refractivity contribution in [2.24, 2.45) is 0 Å². The van der Waals surface area contributed by atoms with E-state index in [0.717, 1.165) is 11.0 Å². The molecule has 3 aromatic carbocycles. The summed E-state index contributed by atoms with van der Waals surface area (Å²) in [4.78, 5) is 12.4. The molecular formula is C22H20N2O4S. The zero-order chi connectivity index (χ0) is 20.7. The smallest absolute Gasteiger partial charge is 0.255 e. The van der Waals surface area contributed by atoms with Crippen molar-refractivity contribution in [3.8, 4) is 5.75 Å². The number of anilines is 2. The van der Waals surface area contributed by atoms with Crippen LogP contribution >= 0.6 is 0 Å². The predicted molar refractivity (Wildman–Crippen MR) is 115 cm³/mol. The van der Waals surface area contributed by atoms with Crippen molar-refractivity contribution in [1.82, 2.24) is 0 Å². The number of hydrogen-bond acceptors (Lipinski definition) is 4. The van der Waals surface area contributed by atoms with Gasteiger partial charge in [-0.15, -0.1) is 0 Å². The molecule has 0 bridgehead atoms. The predicted octanol–water partition coefficient (Wildman–Crippen LogP) is 4.36. The Morgan fingerprint density at radius 3 is 2.31 bits per heavy atom. The average molecular weight is 408 g/mol. The first-order valence-electron chi connectivity index (χ1n) is 8.77. The van der Waals surface area contributed by atoms with Crippen molar-refractivity contribution in [3.05, 3.63) is 95.4 Å². The maximum absolute atomic E-state index is 12.4.